The van der Waals surface area contributed by atoms with Gasteiger partial charge >= 0.3 is 11.7 Å². The number of aliphatic carboxylic acids is 1. The number of nitrogens with one attached hydrogen (secondary N) is 1. The number of hydrogen-bond donors (Lipinski definition) is 2. The fourth-order valence-corrected chi connectivity index (χ4v) is 0.951. The first-order valence-corrected chi connectivity index (χ1v) is 3.60. The fraction of sp³-hybridized carbons (Fsp3) is 0.167. The van der Waals surface area contributed by atoms with Crippen molar-refractivity contribution in [1.29, 1.82) is 0 Å². The molecule has 0 bridgehead atoms. The SMILES string of the molecule is O=C(O)Cn1c(=O)cc(Cl)[nH]c1=O. The van der Waals surface area contributed by atoms with Gasteiger partial charge in [-0.1, -0.05) is 11.6 Å². The second kappa shape index (κ2) is 3.44. The van der Waals surface area contributed by atoms with Crippen molar-refractivity contribution in [2.75, 3.05) is 0 Å². The van der Waals surface area contributed by atoms with Crippen LogP contribution in [0.4, 0.5) is 0 Å². The van der Waals surface area contributed by atoms with Crippen molar-refractivity contribution < 1.29 is 9.90 Å². The minimum absolute atomic E-state index is 0.114. The van der Waals surface area contributed by atoms with Gasteiger partial charge in [0.15, 0.2) is 0 Å². The highest BCUT2D eigenvalue weighted by Crippen LogP contribution is 1.93. The van der Waals surface area contributed by atoms with E-state index in [1.54, 1.807) is 0 Å². The zero-order chi connectivity index (χ0) is 10.0. The maximum atomic E-state index is 11.0. The van der Waals surface area contributed by atoms with E-state index in [4.69, 9.17) is 16.7 Å². The molecule has 6 nitrogen and oxygen atoms in total. The van der Waals surface area contributed by atoms with Gasteiger partial charge in [0, 0.05) is 6.07 Å². The van der Waals surface area contributed by atoms with Gasteiger partial charge in [-0.25, -0.2) is 9.36 Å². The predicted molar refractivity (Wildman–Crippen MR) is 44.0 cm³/mol. The molecule has 0 aliphatic carbocycles. The lowest BCUT2D eigenvalue weighted by molar-refractivity contribution is -0.137. The predicted octanol–water partition coefficient (Wildman–Crippen LogP) is -0.725. The van der Waals surface area contributed by atoms with E-state index >= 15 is 0 Å². The Kier molecular flexibility index (Phi) is 2.52. The molecule has 0 radical (unpaired) electrons. The Hall–Kier alpha value is -1.56. The van der Waals surface area contributed by atoms with E-state index in [0.717, 1.165) is 6.07 Å². The molecule has 0 amide bonds. The number of carbonyl (C=O) groups is 1. The summed E-state index contributed by atoms with van der Waals surface area (Å²) in [4.78, 5) is 34.3. The molecule has 1 aromatic rings. The van der Waals surface area contributed by atoms with E-state index in [1.165, 1.54) is 0 Å². The molecule has 0 unspecified atom stereocenters. The van der Waals surface area contributed by atoms with Crippen LogP contribution in [0.15, 0.2) is 15.7 Å². The fourth-order valence-electron chi connectivity index (χ4n) is 0.777. The molecule has 1 aromatic heterocycles. The lowest BCUT2D eigenvalue weighted by Crippen LogP contribution is -2.36. The summed E-state index contributed by atoms with van der Waals surface area (Å²) < 4.78 is 0.536. The number of nitrogens with zero attached hydrogens (tertiary/aromatic N) is 1. The second-order valence-corrected chi connectivity index (χ2v) is 2.65. The summed E-state index contributed by atoms with van der Waals surface area (Å²) in [6.45, 7) is -0.675. The van der Waals surface area contributed by atoms with Crippen molar-refractivity contribution >= 4 is 17.6 Å². The van der Waals surface area contributed by atoms with Crippen molar-refractivity contribution in [3.05, 3.63) is 32.1 Å². The van der Waals surface area contributed by atoms with Crippen molar-refractivity contribution in [2.24, 2.45) is 0 Å². The maximum Gasteiger partial charge on any atom is 0.330 e. The molecular weight excluding hydrogens is 200 g/mol. The van der Waals surface area contributed by atoms with E-state index in [1.807, 2.05) is 0 Å². The van der Waals surface area contributed by atoms with Crippen LogP contribution in [0.2, 0.25) is 5.15 Å². The zero-order valence-electron chi connectivity index (χ0n) is 6.28. The van der Waals surface area contributed by atoms with E-state index < -0.39 is 23.8 Å². The van der Waals surface area contributed by atoms with Crippen LogP contribution in [0, 0.1) is 0 Å². The first-order chi connectivity index (χ1) is 6.00. The summed E-state index contributed by atoms with van der Waals surface area (Å²) in [6.07, 6.45) is 0. The largest absolute Gasteiger partial charge is 0.480 e. The first kappa shape index (κ1) is 9.53. The molecule has 0 aliphatic heterocycles. The molecule has 0 aliphatic rings. The number of halogens is 1. The molecule has 0 fully saturated rings. The van der Waals surface area contributed by atoms with Crippen LogP contribution in [0.25, 0.3) is 0 Å². The number of carboxylic acids is 1. The highest BCUT2D eigenvalue weighted by atomic mass is 35.5. The molecule has 0 spiro atoms. The van der Waals surface area contributed by atoms with Crippen LogP contribution in [0.3, 0.4) is 0 Å². The van der Waals surface area contributed by atoms with Gasteiger partial charge in [-0.15, -0.1) is 0 Å². The Morgan fingerprint density at radius 3 is 2.69 bits per heavy atom. The summed E-state index contributed by atoms with van der Waals surface area (Å²) >= 11 is 5.34. The lowest BCUT2D eigenvalue weighted by atomic mass is 10.5. The van der Waals surface area contributed by atoms with Crippen molar-refractivity contribution in [1.82, 2.24) is 9.55 Å². The van der Waals surface area contributed by atoms with Gasteiger partial charge in [0.1, 0.15) is 11.7 Å². The average Bonchev–Trinajstić information content (AvgIpc) is 1.96. The van der Waals surface area contributed by atoms with E-state index in [2.05, 4.69) is 4.98 Å². The highest BCUT2D eigenvalue weighted by Gasteiger charge is 2.06. The summed E-state index contributed by atoms with van der Waals surface area (Å²) in [6, 6.07) is 0.936. The minimum atomic E-state index is -1.27. The summed E-state index contributed by atoms with van der Waals surface area (Å²) in [5, 5.41) is 8.23. The third-order valence-corrected chi connectivity index (χ3v) is 1.48. The van der Waals surface area contributed by atoms with Crippen LogP contribution in [0.5, 0.6) is 0 Å². The molecule has 0 aromatic carbocycles. The molecule has 0 saturated carbocycles. The molecule has 7 heteroatoms. The Morgan fingerprint density at radius 2 is 2.23 bits per heavy atom. The topological polar surface area (TPSA) is 92.2 Å². The number of aromatic nitrogens is 2. The first-order valence-electron chi connectivity index (χ1n) is 3.22. The monoisotopic (exact) mass is 204 g/mol. The van der Waals surface area contributed by atoms with Gasteiger partial charge in [0.05, 0.1) is 0 Å². The summed E-state index contributed by atoms with van der Waals surface area (Å²) in [7, 11) is 0. The van der Waals surface area contributed by atoms with Crippen LogP contribution >= 0.6 is 11.6 Å². The minimum Gasteiger partial charge on any atom is -0.480 e. The Labute approximate surface area is 76.4 Å². The van der Waals surface area contributed by atoms with Gasteiger partial charge in [0.25, 0.3) is 5.56 Å². The third-order valence-electron chi connectivity index (χ3n) is 1.28. The Bertz CT molecular complexity index is 415. The van der Waals surface area contributed by atoms with Crippen LogP contribution in [0.1, 0.15) is 0 Å². The quantitative estimate of drug-likeness (QED) is 0.622. The number of carboxylic acid groups (broad SMARTS) is 1. The van der Waals surface area contributed by atoms with Gasteiger partial charge in [-0.2, -0.15) is 0 Å². The average molecular weight is 205 g/mol. The van der Waals surface area contributed by atoms with Gasteiger partial charge in [0.2, 0.25) is 0 Å². The number of hydrogen-bond acceptors (Lipinski definition) is 3. The van der Waals surface area contributed by atoms with Crippen LogP contribution in [-0.4, -0.2) is 20.6 Å². The Balaban J connectivity index is 3.30. The maximum absolute atomic E-state index is 11.0. The van der Waals surface area contributed by atoms with Gasteiger partial charge in [-0.3, -0.25) is 14.6 Å². The molecule has 2 N–H and O–H groups in total. The normalized spacial score (nSPS) is 9.92. The van der Waals surface area contributed by atoms with Crippen molar-refractivity contribution in [3.8, 4) is 0 Å². The molecule has 70 valence electrons. The molecule has 0 saturated heterocycles. The summed E-state index contributed by atoms with van der Waals surface area (Å²) in [5.74, 6) is -1.27. The van der Waals surface area contributed by atoms with E-state index in [-0.39, 0.29) is 5.15 Å². The summed E-state index contributed by atoms with van der Waals surface area (Å²) in [5.41, 5.74) is -1.57. The van der Waals surface area contributed by atoms with Crippen molar-refractivity contribution in [2.45, 2.75) is 6.54 Å². The number of H-pyrrole nitrogens is 1. The number of rotatable bonds is 2. The zero-order valence-corrected chi connectivity index (χ0v) is 7.04. The molecular formula is C6H5ClN2O4. The second-order valence-electron chi connectivity index (χ2n) is 2.24. The highest BCUT2D eigenvalue weighted by molar-refractivity contribution is 6.29. The smallest absolute Gasteiger partial charge is 0.330 e. The molecule has 1 heterocycles. The van der Waals surface area contributed by atoms with Crippen LogP contribution in [-0.2, 0) is 11.3 Å². The third kappa shape index (κ3) is 2.19. The standard InChI is InChI=1S/C6H5ClN2O4/c7-3-1-4(10)9(2-5(11)12)6(13)8-3/h1H,2H2,(H,8,13)(H,11,12). The Morgan fingerprint density at radius 1 is 1.62 bits per heavy atom. The molecule has 1 rings (SSSR count). The van der Waals surface area contributed by atoms with E-state index in [0.29, 0.717) is 4.57 Å². The molecule has 0 atom stereocenters. The molecule has 13 heavy (non-hydrogen) atoms. The van der Waals surface area contributed by atoms with E-state index in [9.17, 15) is 14.4 Å². The lowest BCUT2D eigenvalue weighted by Gasteiger charge is -1.98. The number of aromatic amines is 1. The van der Waals surface area contributed by atoms with Gasteiger partial charge < -0.3 is 5.11 Å². The van der Waals surface area contributed by atoms with Gasteiger partial charge in [-0.05, 0) is 0 Å². The van der Waals surface area contributed by atoms with Crippen LogP contribution < -0.4 is 11.2 Å². The van der Waals surface area contributed by atoms with Crippen molar-refractivity contribution in [3.63, 3.8) is 0 Å².